The number of rotatable bonds is 6. The maximum atomic E-state index is 12.6. The molecule has 0 saturated heterocycles. The van der Waals surface area contributed by atoms with Crippen molar-refractivity contribution < 1.29 is 13.2 Å². The van der Waals surface area contributed by atoms with E-state index < -0.39 is 12.3 Å². The van der Waals surface area contributed by atoms with Crippen LogP contribution in [0.1, 0.15) is 42.2 Å². The molecule has 0 radical (unpaired) electrons. The summed E-state index contributed by atoms with van der Waals surface area (Å²) in [5.41, 5.74) is 1.66. The van der Waals surface area contributed by atoms with Crippen LogP contribution in [0.5, 0.6) is 0 Å². The topological polar surface area (TPSA) is 108 Å². The molecule has 1 fully saturated rings. The van der Waals surface area contributed by atoms with Crippen LogP contribution >= 0.6 is 11.6 Å². The number of hydrogen-bond acceptors (Lipinski definition) is 8. The van der Waals surface area contributed by atoms with Crippen molar-refractivity contribution in [3.63, 3.8) is 0 Å². The zero-order chi connectivity index (χ0) is 20.7. The third kappa shape index (κ3) is 3.30. The molecule has 9 nitrogen and oxygen atoms in total. The zero-order valence-electron chi connectivity index (χ0n) is 15.3. The first kappa shape index (κ1) is 18.7. The SMILES string of the molecule is FC(F)c1nnc(-c2ccc(Cn3nnc(C4(c5cnccn5)CC4)n3)c(Cl)c2)o1. The summed E-state index contributed by atoms with van der Waals surface area (Å²) >= 11 is 6.36. The molecule has 0 bridgehead atoms. The van der Waals surface area contributed by atoms with Gasteiger partial charge < -0.3 is 4.42 Å². The first-order valence-electron chi connectivity index (χ1n) is 9.00. The highest BCUT2D eigenvalue weighted by atomic mass is 35.5. The molecule has 3 heterocycles. The maximum absolute atomic E-state index is 12.6. The Kier molecular flexibility index (Phi) is 4.46. The Labute approximate surface area is 173 Å². The average Bonchev–Trinajstić information content (AvgIpc) is 3.18. The van der Waals surface area contributed by atoms with Gasteiger partial charge in [-0.15, -0.1) is 20.4 Å². The Morgan fingerprint density at radius 3 is 2.70 bits per heavy atom. The van der Waals surface area contributed by atoms with Crippen LogP contribution in [-0.4, -0.2) is 40.4 Å². The summed E-state index contributed by atoms with van der Waals surface area (Å²) in [6.07, 6.45) is 3.94. The second kappa shape index (κ2) is 7.17. The lowest BCUT2D eigenvalue weighted by Crippen LogP contribution is -2.14. The minimum atomic E-state index is -2.83. The van der Waals surface area contributed by atoms with E-state index in [0.717, 1.165) is 24.1 Å². The molecule has 0 N–H and O–H groups in total. The Morgan fingerprint density at radius 1 is 1.17 bits per heavy atom. The summed E-state index contributed by atoms with van der Waals surface area (Å²) < 4.78 is 30.2. The van der Waals surface area contributed by atoms with Gasteiger partial charge in [0.2, 0.25) is 5.89 Å². The molecule has 152 valence electrons. The van der Waals surface area contributed by atoms with E-state index in [0.29, 0.717) is 16.4 Å². The van der Waals surface area contributed by atoms with Crippen LogP contribution in [-0.2, 0) is 12.0 Å². The molecule has 0 spiro atoms. The van der Waals surface area contributed by atoms with Crippen molar-refractivity contribution in [3.8, 4) is 11.5 Å². The standard InChI is InChI=1S/C18H13ClF2N8O/c19-12-7-10(15-24-25-16(30-15)14(20)21)1-2-11(12)9-29-27-17(26-28-29)18(3-4-18)13-8-22-5-6-23-13/h1-2,5-8,14H,3-4,9H2. The number of aromatic nitrogens is 8. The molecule has 30 heavy (non-hydrogen) atoms. The van der Waals surface area contributed by atoms with E-state index in [1.807, 2.05) is 0 Å². The molecule has 1 aliphatic carbocycles. The Hall–Kier alpha value is -3.34. The Balaban J connectivity index is 1.35. The lowest BCUT2D eigenvalue weighted by molar-refractivity contribution is 0.116. The van der Waals surface area contributed by atoms with Crippen LogP contribution in [0, 0.1) is 0 Å². The zero-order valence-corrected chi connectivity index (χ0v) is 16.0. The molecule has 4 aromatic rings. The molecule has 0 aliphatic heterocycles. The molecular formula is C18H13ClF2N8O. The summed E-state index contributed by atoms with van der Waals surface area (Å²) in [6.45, 7) is 0.286. The molecule has 1 aliphatic rings. The smallest absolute Gasteiger partial charge is 0.314 e. The molecule has 3 aromatic heterocycles. The largest absolute Gasteiger partial charge is 0.415 e. The summed E-state index contributed by atoms with van der Waals surface area (Å²) in [4.78, 5) is 9.96. The van der Waals surface area contributed by atoms with Gasteiger partial charge in [0, 0.05) is 29.2 Å². The lowest BCUT2D eigenvalue weighted by atomic mass is 10.0. The van der Waals surface area contributed by atoms with Crippen LogP contribution < -0.4 is 0 Å². The van der Waals surface area contributed by atoms with E-state index in [1.165, 1.54) is 4.80 Å². The van der Waals surface area contributed by atoms with E-state index in [-0.39, 0.29) is 17.9 Å². The minimum absolute atomic E-state index is 0.0282. The van der Waals surface area contributed by atoms with Gasteiger partial charge in [-0.1, -0.05) is 17.7 Å². The Bertz CT molecular complexity index is 1190. The quantitative estimate of drug-likeness (QED) is 0.458. The number of benzene rings is 1. The van der Waals surface area contributed by atoms with Crippen LogP contribution in [0.25, 0.3) is 11.5 Å². The monoisotopic (exact) mass is 430 g/mol. The molecule has 0 atom stereocenters. The van der Waals surface area contributed by atoms with Crippen molar-refractivity contribution in [3.05, 3.63) is 64.8 Å². The van der Waals surface area contributed by atoms with Crippen molar-refractivity contribution in [1.29, 1.82) is 0 Å². The van der Waals surface area contributed by atoms with Crippen LogP contribution in [0.3, 0.4) is 0 Å². The van der Waals surface area contributed by atoms with Gasteiger partial charge in [-0.2, -0.15) is 13.6 Å². The van der Waals surface area contributed by atoms with Crippen LogP contribution in [0.15, 0.2) is 41.2 Å². The fourth-order valence-electron chi connectivity index (χ4n) is 3.17. The second-order valence-electron chi connectivity index (χ2n) is 6.87. The van der Waals surface area contributed by atoms with Gasteiger partial charge in [0.25, 0.3) is 5.89 Å². The highest BCUT2D eigenvalue weighted by Crippen LogP contribution is 2.50. The molecule has 12 heteroatoms. The molecule has 0 unspecified atom stereocenters. The van der Waals surface area contributed by atoms with Crippen molar-refractivity contribution in [1.82, 2.24) is 40.4 Å². The van der Waals surface area contributed by atoms with Crippen LogP contribution in [0.2, 0.25) is 5.02 Å². The van der Waals surface area contributed by atoms with E-state index in [9.17, 15) is 8.78 Å². The third-order valence-corrected chi connectivity index (χ3v) is 5.28. The predicted molar refractivity (Wildman–Crippen MR) is 98.7 cm³/mol. The summed E-state index contributed by atoms with van der Waals surface area (Å²) in [7, 11) is 0. The van der Waals surface area contributed by atoms with Crippen molar-refractivity contribution in [2.24, 2.45) is 0 Å². The molecule has 0 amide bonds. The molecular weight excluding hydrogens is 418 g/mol. The van der Waals surface area contributed by atoms with Gasteiger partial charge in [-0.3, -0.25) is 9.97 Å². The fourth-order valence-corrected chi connectivity index (χ4v) is 3.41. The normalized spacial score (nSPS) is 14.9. The second-order valence-corrected chi connectivity index (χ2v) is 7.28. The molecule has 5 rings (SSSR count). The highest BCUT2D eigenvalue weighted by Gasteiger charge is 2.51. The maximum Gasteiger partial charge on any atom is 0.314 e. The fraction of sp³-hybridized carbons (Fsp3) is 0.278. The number of tetrazole rings is 1. The molecule has 1 aromatic carbocycles. The van der Waals surface area contributed by atoms with Gasteiger partial charge >= 0.3 is 6.43 Å². The van der Waals surface area contributed by atoms with Crippen molar-refractivity contribution >= 4 is 11.6 Å². The first-order chi connectivity index (χ1) is 14.5. The number of alkyl halides is 2. The van der Waals surface area contributed by atoms with Gasteiger partial charge in [0.1, 0.15) is 0 Å². The van der Waals surface area contributed by atoms with Gasteiger partial charge in [0.15, 0.2) is 5.82 Å². The summed E-state index contributed by atoms with van der Waals surface area (Å²) in [5.74, 6) is -0.164. The highest BCUT2D eigenvalue weighted by molar-refractivity contribution is 6.31. The Morgan fingerprint density at radius 2 is 2.03 bits per heavy atom. The summed E-state index contributed by atoms with van der Waals surface area (Å²) in [5, 5.41) is 20.2. The third-order valence-electron chi connectivity index (χ3n) is 4.92. The van der Waals surface area contributed by atoms with Gasteiger partial charge in [-0.05, 0) is 35.8 Å². The van der Waals surface area contributed by atoms with E-state index in [1.54, 1.807) is 36.8 Å². The predicted octanol–water partition coefficient (Wildman–Crippen LogP) is 3.23. The van der Waals surface area contributed by atoms with Crippen molar-refractivity contribution in [2.45, 2.75) is 31.2 Å². The van der Waals surface area contributed by atoms with E-state index in [4.69, 9.17) is 16.0 Å². The average molecular weight is 431 g/mol. The first-order valence-corrected chi connectivity index (χ1v) is 9.38. The van der Waals surface area contributed by atoms with Crippen LogP contribution in [0.4, 0.5) is 8.78 Å². The number of hydrogen-bond donors (Lipinski definition) is 0. The number of nitrogens with zero attached hydrogens (tertiary/aromatic N) is 8. The van der Waals surface area contributed by atoms with Gasteiger partial charge in [0.05, 0.1) is 17.7 Å². The number of halogens is 3. The van der Waals surface area contributed by atoms with Gasteiger partial charge in [-0.25, -0.2) is 0 Å². The molecule has 1 saturated carbocycles. The lowest BCUT2D eigenvalue weighted by Gasteiger charge is -2.08. The summed E-state index contributed by atoms with van der Waals surface area (Å²) in [6, 6.07) is 4.95. The van der Waals surface area contributed by atoms with E-state index >= 15 is 0 Å². The van der Waals surface area contributed by atoms with E-state index in [2.05, 4.69) is 35.6 Å². The minimum Gasteiger partial charge on any atom is -0.415 e. The van der Waals surface area contributed by atoms with Crippen molar-refractivity contribution in [2.75, 3.05) is 0 Å².